The number of hydrogen-bond donors (Lipinski definition) is 0. The zero-order valence-electron chi connectivity index (χ0n) is 18.8. The predicted octanol–water partition coefficient (Wildman–Crippen LogP) is 5.78. The second-order valence-electron chi connectivity index (χ2n) is 9.88. The van der Waals surface area contributed by atoms with Crippen molar-refractivity contribution >= 4 is 31.0 Å². The molecule has 3 aromatic carbocycles. The van der Waals surface area contributed by atoms with E-state index in [1.54, 1.807) is 0 Å². The molecule has 0 nitrogen and oxygen atoms in total. The molecule has 0 saturated heterocycles. The van der Waals surface area contributed by atoms with E-state index in [0.29, 0.717) is 10.3 Å². The summed E-state index contributed by atoms with van der Waals surface area (Å²) in [5.41, 5.74) is 5.68. The summed E-state index contributed by atoms with van der Waals surface area (Å²) in [6.07, 6.45) is 1.16. The third-order valence-corrected chi connectivity index (χ3v) is 9.48. The highest BCUT2D eigenvalue weighted by Crippen LogP contribution is 2.61. The van der Waals surface area contributed by atoms with E-state index in [0.717, 1.165) is 6.16 Å². The van der Waals surface area contributed by atoms with Crippen LogP contribution in [0.1, 0.15) is 47.1 Å². The molecular weight excluding hydrogens is 366 g/mol. The minimum absolute atomic E-state index is 0.198. The van der Waals surface area contributed by atoms with Gasteiger partial charge in [0.05, 0.1) is 0 Å². The topological polar surface area (TPSA) is 0 Å². The summed E-state index contributed by atoms with van der Waals surface area (Å²) in [6.45, 7) is 14.8. The fraction of sp³-hybridized carbons (Fsp3) is 0.333. The Morgan fingerprint density at radius 2 is 1.00 bits per heavy atom. The van der Waals surface area contributed by atoms with Crippen molar-refractivity contribution in [1.29, 1.82) is 0 Å². The molecule has 0 radical (unpaired) electrons. The van der Waals surface area contributed by atoms with Crippen molar-refractivity contribution in [1.82, 2.24) is 0 Å². The van der Waals surface area contributed by atoms with Gasteiger partial charge in [-0.2, -0.15) is 0 Å². The van der Waals surface area contributed by atoms with E-state index in [2.05, 4.69) is 126 Å². The summed E-state index contributed by atoms with van der Waals surface area (Å²) in [7, 11) is -0.198. The third-order valence-electron chi connectivity index (χ3n) is 5.58. The molecule has 3 rings (SSSR count). The van der Waals surface area contributed by atoms with E-state index < -0.39 is 0 Å². The van der Waals surface area contributed by atoms with Gasteiger partial charge in [-0.25, -0.2) is 0 Å². The lowest BCUT2D eigenvalue weighted by Gasteiger charge is -2.42. The van der Waals surface area contributed by atoms with E-state index in [1.807, 2.05) is 0 Å². The Balaban J connectivity index is 2.12. The van der Waals surface area contributed by atoms with Gasteiger partial charge in [0.15, 0.2) is 0 Å². The fourth-order valence-electron chi connectivity index (χ4n) is 4.45. The summed E-state index contributed by atoms with van der Waals surface area (Å²) >= 11 is 0. The molecule has 0 unspecified atom stereocenters. The normalized spacial score (nSPS) is 12.2. The summed E-state index contributed by atoms with van der Waals surface area (Å²) in [6, 6.07) is 31.0. The Bertz CT molecular complexity index is 851. The van der Waals surface area contributed by atoms with Gasteiger partial charge >= 0.3 is 0 Å². The summed E-state index contributed by atoms with van der Waals surface area (Å²) in [4.78, 5) is 0. The van der Waals surface area contributed by atoms with Gasteiger partial charge in [-0.3, -0.25) is 0 Å². The maximum atomic E-state index is 2.42. The first-order chi connectivity index (χ1) is 13.7. The van der Waals surface area contributed by atoms with E-state index in [4.69, 9.17) is 0 Å². The minimum Gasteiger partial charge on any atom is -0.0912 e. The molecule has 0 fully saturated rings. The Hall–Kier alpha value is -1.85. The SMILES string of the molecule is CC(C)(C)P(Cc1ccccc1B(c1ccccc1)c1ccccc1)C(C)(C)C. The Kier molecular flexibility index (Phi) is 6.70. The molecule has 0 atom stereocenters. The number of rotatable bonds is 5. The Morgan fingerprint density at radius 3 is 1.45 bits per heavy atom. The van der Waals surface area contributed by atoms with Crippen molar-refractivity contribution in [2.24, 2.45) is 0 Å². The number of benzene rings is 3. The monoisotopic (exact) mass is 400 g/mol. The molecule has 0 aromatic heterocycles. The van der Waals surface area contributed by atoms with Crippen LogP contribution in [0.3, 0.4) is 0 Å². The quantitative estimate of drug-likeness (QED) is 0.376. The molecule has 0 N–H and O–H groups in total. The van der Waals surface area contributed by atoms with E-state index >= 15 is 0 Å². The molecule has 2 heteroatoms. The van der Waals surface area contributed by atoms with Crippen LogP contribution in [0.15, 0.2) is 84.9 Å². The summed E-state index contributed by atoms with van der Waals surface area (Å²) < 4.78 is 0. The van der Waals surface area contributed by atoms with Crippen LogP contribution in [0.5, 0.6) is 0 Å². The second-order valence-corrected chi connectivity index (χ2v) is 13.7. The van der Waals surface area contributed by atoms with Crippen molar-refractivity contribution in [3.63, 3.8) is 0 Å². The molecule has 29 heavy (non-hydrogen) atoms. The van der Waals surface area contributed by atoms with Crippen molar-refractivity contribution in [3.05, 3.63) is 90.5 Å². The van der Waals surface area contributed by atoms with Gasteiger partial charge in [0, 0.05) is 0 Å². The Labute approximate surface area is 179 Å². The summed E-state index contributed by atoms with van der Waals surface area (Å²) in [5, 5.41) is 0.630. The van der Waals surface area contributed by atoms with Crippen molar-refractivity contribution in [2.45, 2.75) is 58.0 Å². The van der Waals surface area contributed by atoms with Crippen molar-refractivity contribution in [3.8, 4) is 0 Å². The van der Waals surface area contributed by atoms with Crippen LogP contribution < -0.4 is 16.4 Å². The molecule has 0 heterocycles. The van der Waals surface area contributed by atoms with Crippen molar-refractivity contribution in [2.75, 3.05) is 0 Å². The highest BCUT2D eigenvalue weighted by molar-refractivity contribution is 7.60. The minimum atomic E-state index is -0.198. The van der Waals surface area contributed by atoms with Crippen LogP contribution in [0, 0.1) is 0 Å². The third kappa shape index (κ3) is 5.40. The lowest BCUT2D eigenvalue weighted by Crippen LogP contribution is -2.53. The number of hydrogen-bond acceptors (Lipinski definition) is 0. The van der Waals surface area contributed by atoms with Crippen LogP contribution in [-0.4, -0.2) is 17.0 Å². The van der Waals surface area contributed by atoms with Gasteiger partial charge in [-0.1, -0.05) is 151 Å². The van der Waals surface area contributed by atoms with E-state index in [-0.39, 0.29) is 14.6 Å². The van der Waals surface area contributed by atoms with E-state index in [9.17, 15) is 0 Å². The van der Waals surface area contributed by atoms with Gasteiger partial charge in [0.25, 0.3) is 0 Å². The zero-order chi connectivity index (χ0) is 21.1. The van der Waals surface area contributed by atoms with Crippen LogP contribution in [-0.2, 0) is 6.16 Å². The highest BCUT2D eigenvalue weighted by Gasteiger charge is 2.35. The first-order valence-electron chi connectivity index (χ1n) is 10.6. The second kappa shape index (κ2) is 8.89. The van der Waals surface area contributed by atoms with Gasteiger partial charge in [-0.05, 0) is 22.0 Å². The fourth-order valence-corrected chi connectivity index (χ4v) is 8.04. The summed E-state index contributed by atoms with van der Waals surface area (Å²) in [5.74, 6) is 0. The maximum absolute atomic E-state index is 2.42. The molecule has 0 saturated carbocycles. The van der Waals surface area contributed by atoms with Gasteiger partial charge in [0.2, 0.25) is 6.71 Å². The van der Waals surface area contributed by atoms with Gasteiger partial charge in [-0.15, -0.1) is 0 Å². The molecule has 0 bridgehead atoms. The van der Waals surface area contributed by atoms with Crippen LogP contribution >= 0.6 is 7.92 Å². The first kappa shape index (κ1) is 21.9. The smallest absolute Gasteiger partial charge is 0.0912 e. The Morgan fingerprint density at radius 1 is 0.586 bits per heavy atom. The van der Waals surface area contributed by atoms with Crippen molar-refractivity contribution < 1.29 is 0 Å². The lowest BCUT2D eigenvalue weighted by molar-refractivity contribution is 0.703. The molecule has 150 valence electrons. The van der Waals surface area contributed by atoms with Crippen LogP contribution in [0.2, 0.25) is 0 Å². The maximum Gasteiger partial charge on any atom is 0.241 e. The van der Waals surface area contributed by atoms with Gasteiger partial charge in [0.1, 0.15) is 0 Å². The highest BCUT2D eigenvalue weighted by atomic mass is 31.1. The first-order valence-corrected chi connectivity index (χ1v) is 12.2. The molecule has 0 amide bonds. The molecule has 3 aromatic rings. The average Bonchev–Trinajstić information content (AvgIpc) is 2.67. The van der Waals surface area contributed by atoms with E-state index in [1.165, 1.54) is 22.0 Å². The predicted molar refractivity (Wildman–Crippen MR) is 134 cm³/mol. The molecule has 0 spiro atoms. The largest absolute Gasteiger partial charge is 0.241 e. The van der Waals surface area contributed by atoms with Crippen LogP contribution in [0.4, 0.5) is 0 Å². The molecular formula is C27H34BP. The standard InChI is InChI=1S/C27H34BP/c1-26(2,3)29(27(4,5)6)21-22-15-13-14-20-25(22)28(23-16-9-7-10-17-23)24-18-11-8-12-19-24/h7-20H,21H2,1-6H3. The molecule has 0 aliphatic heterocycles. The molecule has 0 aliphatic carbocycles. The van der Waals surface area contributed by atoms with Gasteiger partial charge < -0.3 is 0 Å². The zero-order valence-corrected chi connectivity index (χ0v) is 19.7. The molecule has 0 aliphatic rings. The van der Waals surface area contributed by atoms with Crippen LogP contribution in [0.25, 0.3) is 0 Å². The average molecular weight is 400 g/mol. The lowest BCUT2D eigenvalue weighted by atomic mass is 9.36.